The molecule has 0 saturated carbocycles. The second-order valence-corrected chi connectivity index (χ2v) is 8.17. The van der Waals surface area contributed by atoms with Crippen molar-refractivity contribution in [3.05, 3.63) is 77.9 Å². The molecule has 132 valence electrons. The van der Waals surface area contributed by atoms with E-state index in [4.69, 9.17) is 17.0 Å². The van der Waals surface area contributed by atoms with E-state index in [1.165, 1.54) is 21.9 Å². The van der Waals surface area contributed by atoms with Crippen molar-refractivity contribution >= 4 is 39.1 Å². The second kappa shape index (κ2) is 8.11. The third-order valence-electron chi connectivity index (χ3n) is 4.74. The lowest BCUT2D eigenvalue weighted by molar-refractivity contribution is 0.325. The number of fused-ring (bicyclic) bond motifs is 2. The largest absolute Gasteiger partial charge is 0.493 e. The molecule has 0 spiro atoms. The van der Waals surface area contributed by atoms with Crippen molar-refractivity contribution in [2.24, 2.45) is 0 Å². The smallest absolute Gasteiger partial charge is 0.134 e. The molecular formula is C22H21NOS2. The molecule has 3 aromatic carbocycles. The molecule has 1 heterocycles. The van der Waals surface area contributed by atoms with Crippen molar-refractivity contribution < 1.29 is 4.74 Å². The van der Waals surface area contributed by atoms with Crippen LogP contribution in [0, 0.1) is 0 Å². The Bertz CT molecular complexity index is 925. The van der Waals surface area contributed by atoms with Crippen LogP contribution in [0.2, 0.25) is 0 Å². The van der Waals surface area contributed by atoms with Gasteiger partial charge in [0, 0.05) is 23.8 Å². The van der Waals surface area contributed by atoms with E-state index in [9.17, 15) is 0 Å². The van der Waals surface area contributed by atoms with Crippen molar-refractivity contribution in [3.63, 3.8) is 0 Å². The molecule has 0 amide bonds. The summed E-state index contributed by atoms with van der Waals surface area (Å²) >= 11 is 7.18. The fraction of sp³-hybridized carbons (Fsp3) is 0.227. The Balaban J connectivity index is 1.24. The highest BCUT2D eigenvalue weighted by atomic mass is 32.2. The average molecular weight is 380 g/mol. The molecule has 0 saturated heterocycles. The molecule has 3 aromatic rings. The van der Waals surface area contributed by atoms with Gasteiger partial charge in [0.05, 0.1) is 6.61 Å². The highest BCUT2D eigenvalue weighted by molar-refractivity contribution is 8.22. The van der Waals surface area contributed by atoms with Crippen LogP contribution in [0.1, 0.15) is 23.5 Å². The van der Waals surface area contributed by atoms with Gasteiger partial charge in [-0.15, -0.1) is 0 Å². The van der Waals surface area contributed by atoms with Crippen LogP contribution in [-0.2, 0) is 5.75 Å². The maximum atomic E-state index is 5.74. The molecule has 0 fully saturated rings. The molecule has 0 aliphatic carbocycles. The number of thiocarbonyl (C=S) groups is 1. The topological polar surface area (TPSA) is 21.3 Å². The first kappa shape index (κ1) is 17.4. The quantitative estimate of drug-likeness (QED) is 0.590. The first-order valence-corrected chi connectivity index (χ1v) is 10.3. The zero-order chi connectivity index (χ0) is 17.8. The van der Waals surface area contributed by atoms with E-state index < -0.39 is 0 Å². The number of hydrogen-bond acceptors (Lipinski definition) is 3. The number of hydrogen-bond donors (Lipinski definition) is 1. The SMILES string of the molecule is S=C(NCCC1COc2ccccc21)SCc1ccc2ccccc2c1. The van der Waals surface area contributed by atoms with Gasteiger partial charge in [0.25, 0.3) is 0 Å². The van der Waals surface area contributed by atoms with Crippen LogP contribution >= 0.6 is 24.0 Å². The Labute approximate surface area is 163 Å². The second-order valence-electron chi connectivity index (χ2n) is 6.52. The maximum absolute atomic E-state index is 5.74. The van der Waals surface area contributed by atoms with E-state index in [0.29, 0.717) is 5.92 Å². The van der Waals surface area contributed by atoms with Crippen molar-refractivity contribution in [1.29, 1.82) is 0 Å². The fourth-order valence-corrected chi connectivity index (χ4v) is 4.31. The number of rotatable bonds is 5. The van der Waals surface area contributed by atoms with E-state index in [0.717, 1.165) is 35.4 Å². The average Bonchev–Trinajstić information content (AvgIpc) is 3.09. The van der Waals surface area contributed by atoms with Crippen molar-refractivity contribution in [2.45, 2.75) is 18.1 Å². The lowest BCUT2D eigenvalue weighted by atomic mass is 9.98. The highest BCUT2D eigenvalue weighted by Gasteiger charge is 2.22. The molecule has 0 bridgehead atoms. The van der Waals surface area contributed by atoms with Gasteiger partial charge in [-0.1, -0.05) is 84.6 Å². The molecule has 26 heavy (non-hydrogen) atoms. The predicted octanol–water partition coefficient (Wildman–Crippen LogP) is 5.51. The fourth-order valence-electron chi connectivity index (χ4n) is 3.35. The summed E-state index contributed by atoms with van der Waals surface area (Å²) in [4.78, 5) is 0. The molecule has 0 aromatic heterocycles. The Morgan fingerprint density at radius 3 is 2.77 bits per heavy atom. The van der Waals surface area contributed by atoms with Crippen LogP contribution in [0.15, 0.2) is 66.7 Å². The van der Waals surface area contributed by atoms with E-state index in [2.05, 4.69) is 59.9 Å². The number of thioether (sulfide) groups is 1. The van der Waals surface area contributed by atoms with Gasteiger partial charge in [-0.05, 0) is 28.8 Å². The number of ether oxygens (including phenoxy) is 1. The minimum Gasteiger partial charge on any atom is -0.493 e. The zero-order valence-electron chi connectivity index (χ0n) is 14.5. The minimum absolute atomic E-state index is 0.465. The van der Waals surface area contributed by atoms with Crippen LogP contribution in [-0.4, -0.2) is 17.5 Å². The van der Waals surface area contributed by atoms with Crippen molar-refractivity contribution in [2.75, 3.05) is 13.2 Å². The molecule has 2 nitrogen and oxygen atoms in total. The van der Waals surface area contributed by atoms with Gasteiger partial charge in [0.2, 0.25) is 0 Å². The third kappa shape index (κ3) is 4.02. The van der Waals surface area contributed by atoms with Gasteiger partial charge >= 0.3 is 0 Å². The summed E-state index contributed by atoms with van der Waals surface area (Å²) in [6.45, 7) is 1.66. The van der Waals surface area contributed by atoms with Gasteiger partial charge in [-0.2, -0.15) is 0 Å². The lowest BCUT2D eigenvalue weighted by Gasteiger charge is -2.11. The summed E-state index contributed by atoms with van der Waals surface area (Å²) in [5.41, 5.74) is 2.63. The van der Waals surface area contributed by atoms with Crippen LogP contribution in [0.3, 0.4) is 0 Å². The van der Waals surface area contributed by atoms with E-state index in [1.54, 1.807) is 11.8 Å². The Morgan fingerprint density at radius 2 is 1.85 bits per heavy atom. The summed E-state index contributed by atoms with van der Waals surface area (Å²) < 4.78 is 6.61. The summed E-state index contributed by atoms with van der Waals surface area (Å²) in [5, 5.41) is 5.95. The molecule has 1 N–H and O–H groups in total. The molecule has 1 aliphatic heterocycles. The molecule has 4 rings (SSSR count). The molecule has 1 unspecified atom stereocenters. The van der Waals surface area contributed by atoms with E-state index in [1.807, 2.05) is 12.1 Å². The molecule has 1 atom stereocenters. The van der Waals surface area contributed by atoms with Crippen LogP contribution in [0.25, 0.3) is 10.8 Å². The van der Waals surface area contributed by atoms with Gasteiger partial charge in [0.1, 0.15) is 10.1 Å². The minimum atomic E-state index is 0.465. The van der Waals surface area contributed by atoms with Gasteiger partial charge in [-0.25, -0.2) is 0 Å². The van der Waals surface area contributed by atoms with Crippen molar-refractivity contribution in [3.8, 4) is 5.75 Å². The Hall–Kier alpha value is -2.04. The molecule has 1 aliphatic rings. The van der Waals surface area contributed by atoms with Crippen LogP contribution < -0.4 is 10.1 Å². The van der Waals surface area contributed by atoms with E-state index in [-0.39, 0.29) is 0 Å². The first-order valence-electron chi connectivity index (χ1n) is 8.89. The number of nitrogens with one attached hydrogen (secondary N) is 1. The summed E-state index contributed by atoms with van der Waals surface area (Å²) in [5.74, 6) is 2.39. The van der Waals surface area contributed by atoms with Crippen LogP contribution in [0.5, 0.6) is 5.75 Å². The lowest BCUT2D eigenvalue weighted by Crippen LogP contribution is -2.21. The predicted molar refractivity (Wildman–Crippen MR) is 115 cm³/mol. The summed E-state index contributed by atoms with van der Waals surface area (Å²) in [6, 6.07) is 23.4. The molecule has 0 radical (unpaired) electrons. The maximum Gasteiger partial charge on any atom is 0.134 e. The summed E-state index contributed by atoms with van der Waals surface area (Å²) in [6.07, 6.45) is 1.04. The first-order chi connectivity index (χ1) is 12.8. The highest BCUT2D eigenvalue weighted by Crippen LogP contribution is 2.35. The third-order valence-corrected chi connectivity index (χ3v) is 6.13. The summed E-state index contributed by atoms with van der Waals surface area (Å²) in [7, 11) is 0. The standard InChI is InChI=1S/C22H21NOS2/c25-22(23-12-11-19-14-24-21-8-4-3-7-20(19)21)26-15-16-9-10-17-5-1-2-6-18(17)13-16/h1-10,13,19H,11-12,14-15H2,(H,23,25). The number of benzene rings is 3. The van der Waals surface area contributed by atoms with Gasteiger partial charge in [0.15, 0.2) is 0 Å². The van der Waals surface area contributed by atoms with Gasteiger partial charge in [-0.3, -0.25) is 0 Å². The Kier molecular flexibility index (Phi) is 5.42. The molecular weight excluding hydrogens is 358 g/mol. The van der Waals surface area contributed by atoms with E-state index >= 15 is 0 Å². The van der Waals surface area contributed by atoms with Crippen molar-refractivity contribution in [1.82, 2.24) is 5.32 Å². The Morgan fingerprint density at radius 1 is 1.04 bits per heavy atom. The normalized spacial score (nSPS) is 15.5. The zero-order valence-corrected chi connectivity index (χ0v) is 16.1. The van der Waals surface area contributed by atoms with Gasteiger partial charge < -0.3 is 10.1 Å². The monoisotopic (exact) mass is 379 g/mol. The van der Waals surface area contributed by atoms with Crippen LogP contribution in [0.4, 0.5) is 0 Å². The molecule has 4 heteroatoms. The number of para-hydroxylation sites is 1.